The lowest BCUT2D eigenvalue weighted by atomic mass is 9.91. The lowest BCUT2D eigenvalue weighted by Gasteiger charge is -2.43. The van der Waals surface area contributed by atoms with E-state index in [1.807, 2.05) is 19.3 Å². The zero-order valence-electron chi connectivity index (χ0n) is 59.0. The molecule has 8 aliphatic rings. The van der Waals surface area contributed by atoms with Crippen molar-refractivity contribution >= 4 is 34.4 Å². The fraction of sp³-hybridized carbons (Fsp3) is 0.570. The average molecular weight is 1250 g/mol. The van der Waals surface area contributed by atoms with Crippen LogP contribution in [0, 0.1) is 41.5 Å². The number of rotatable bonds is 9. The van der Waals surface area contributed by atoms with Crippen molar-refractivity contribution in [1.82, 2.24) is 34.9 Å². The van der Waals surface area contributed by atoms with Crippen molar-refractivity contribution in [3.05, 3.63) is 167 Å². The lowest BCUT2D eigenvalue weighted by Crippen LogP contribution is -2.54. The van der Waals surface area contributed by atoms with Gasteiger partial charge in [-0.3, -0.25) is 14.7 Å². The van der Waals surface area contributed by atoms with E-state index in [0.717, 1.165) is 76.0 Å². The van der Waals surface area contributed by atoms with E-state index < -0.39 is 0 Å². The Labute approximate surface area is 558 Å². The van der Waals surface area contributed by atoms with Crippen molar-refractivity contribution in [2.24, 2.45) is 0 Å². The molecule has 0 amide bonds. The second-order valence-electron chi connectivity index (χ2n) is 28.3. The van der Waals surface area contributed by atoms with Gasteiger partial charge in [0.25, 0.3) is 0 Å². The SMILES string of the molecule is Cc1ccc(N2CC(C)NC(C)C2)cc1.Cc1ccc(N2CCCCCC2)cc1.Cc1ccc(N2CCN(C(C)C)CC2)cc1.Cc1ccc(N2CCN(C3CC3)CC2)cc1.Cc1ccc(N2CCN(C3CCC3)CC2)cc1.Cc1cnc(N2CCN(C)CC2)nc1. The molecule has 6 saturated heterocycles. The first-order valence-corrected chi connectivity index (χ1v) is 35.9. The number of aryl methyl sites for hydroxylation is 6. The third-order valence-corrected chi connectivity index (χ3v) is 20.0. The quantitative estimate of drug-likeness (QED) is 0.150. The summed E-state index contributed by atoms with van der Waals surface area (Å²) >= 11 is 0. The molecule has 2 saturated carbocycles. The highest BCUT2D eigenvalue weighted by atomic mass is 15.3. The molecule has 7 heterocycles. The van der Waals surface area contributed by atoms with Crippen LogP contribution in [0.2, 0.25) is 0 Å². The van der Waals surface area contributed by atoms with Crippen LogP contribution in [0.4, 0.5) is 34.4 Å². The molecule has 6 aliphatic heterocycles. The zero-order valence-corrected chi connectivity index (χ0v) is 59.0. The van der Waals surface area contributed by atoms with Gasteiger partial charge >= 0.3 is 0 Å². The standard InChI is InChI=1S/C15H22N2.C14H20N2.C14H22N2.C13H20N2.C13H19N.C10H16N4/c1-13-5-7-15(8-6-13)17-11-9-16(10-12-17)14-3-2-4-14;1-12-2-4-13(5-3-12)15-8-10-16(11-9-15)14-6-7-14;1-12(2)15-8-10-16(11-9-15)14-6-4-13(3)5-7-14;1-10-4-6-13(7-5-10)15-8-11(2)14-12(3)9-15;1-12-6-8-13(9-7-12)14-10-4-2-3-5-11-14;1-9-7-11-10(12-8-9)14-5-3-13(2)4-6-14/h5-8,14H,2-4,9-12H2,1H3;2-5,14H,6-11H2,1H3;4-7,12H,8-11H2,1-3H3;4-7,11-12,14H,8-9H2,1-3H3;6-9H,2-5,10-11H2,1H3;7-8H,3-6H2,1-2H3. The molecule has 13 heteroatoms. The van der Waals surface area contributed by atoms with Crippen molar-refractivity contribution in [3.8, 4) is 0 Å². The summed E-state index contributed by atoms with van der Waals surface area (Å²) in [4.78, 5) is 33.6. The van der Waals surface area contributed by atoms with Gasteiger partial charge in [-0.1, -0.05) is 108 Å². The summed E-state index contributed by atoms with van der Waals surface area (Å²) in [7, 11) is 2.15. The van der Waals surface area contributed by atoms with Gasteiger partial charge in [0.15, 0.2) is 0 Å². The molecule has 13 nitrogen and oxygen atoms in total. The Morgan fingerprint density at radius 1 is 0.337 bits per heavy atom. The van der Waals surface area contributed by atoms with Crippen molar-refractivity contribution in [1.29, 1.82) is 0 Å². The molecule has 0 spiro atoms. The average Bonchev–Trinajstić information content (AvgIpc) is 3.38. The summed E-state index contributed by atoms with van der Waals surface area (Å²) in [6.45, 7) is 45.2. The number of likely N-dealkylation sites (N-methyl/N-ethyl adjacent to an activating group) is 1. The second kappa shape index (κ2) is 35.9. The highest BCUT2D eigenvalue weighted by Gasteiger charge is 2.32. The highest BCUT2D eigenvalue weighted by molar-refractivity contribution is 5.51. The maximum atomic E-state index is 4.32. The van der Waals surface area contributed by atoms with Crippen LogP contribution in [0.3, 0.4) is 0 Å². The van der Waals surface area contributed by atoms with Crippen molar-refractivity contribution in [3.63, 3.8) is 0 Å². The molecular weight excluding hydrogens is 1130 g/mol. The van der Waals surface area contributed by atoms with Crippen LogP contribution in [0.15, 0.2) is 134 Å². The van der Waals surface area contributed by atoms with Crippen LogP contribution >= 0.6 is 0 Å². The van der Waals surface area contributed by atoms with Gasteiger partial charge in [0.1, 0.15) is 0 Å². The summed E-state index contributed by atoms with van der Waals surface area (Å²) in [6.07, 6.45) is 16.5. The van der Waals surface area contributed by atoms with E-state index in [0.29, 0.717) is 18.1 Å². The van der Waals surface area contributed by atoms with E-state index in [1.165, 1.54) is 193 Å². The molecule has 500 valence electrons. The zero-order chi connectivity index (χ0) is 64.8. The van der Waals surface area contributed by atoms with Crippen LogP contribution in [0.5, 0.6) is 0 Å². The van der Waals surface area contributed by atoms with Gasteiger partial charge in [0.05, 0.1) is 0 Å². The minimum absolute atomic E-state index is 0.579. The molecular formula is C79H119N13. The second-order valence-corrected chi connectivity index (χ2v) is 28.3. The van der Waals surface area contributed by atoms with Gasteiger partial charge in [-0.2, -0.15) is 0 Å². The maximum absolute atomic E-state index is 4.32. The van der Waals surface area contributed by atoms with Crippen LogP contribution in [0.25, 0.3) is 0 Å². The maximum Gasteiger partial charge on any atom is 0.225 e. The Bertz CT molecular complexity index is 2890. The first-order valence-electron chi connectivity index (χ1n) is 35.9. The van der Waals surface area contributed by atoms with Crippen molar-refractivity contribution in [2.75, 3.05) is 167 Å². The number of benzene rings is 5. The molecule has 2 unspecified atom stereocenters. The van der Waals surface area contributed by atoms with Gasteiger partial charge in [-0.15, -0.1) is 0 Å². The number of anilines is 6. The summed E-state index contributed by atoms with van der Waals surface area (Å²) in [5.74, 6) is 0.865. The predicted octanol–water partition coefficient (Wildman–Crippen LogP) is 13.6. The van der Waals surface area contributed by atoms with Gasteiger partial charge in [-0.05, 0) is 181 Å². The predicted molar refractivity (Wildman–Crippen MR) is 394 cm³/mol. The van der Waals surface area contributed by atoms with Crippen molar-refractivity contribution < 1.29 is 0 Å². The van der Waals surface area contributed by atoms with E-state index in [-0.39, 0.29) is 0 Å². The summed E-state index contributed by atoms with van der Waals surface area (Å²) < 4.78 is 0. The summed E-state index contributed by atoms with van der Waals surface area (Å²) in [5, 5.41) is 3.55. The molecule has 5 aromatic carbocycles. The van der Waals surface area contributed by atoms with Crippen molar-refractivity contribution in [2.45, 2.75) is 157 Å². The van der Waals surface area contributed by atoms with E-state index in [9.17, 15) is 0 Å². The van der Waals surface area contributed by atoms with E-state index in [1.54, 1.807) is 0 Å². The number of nitrogens with zero attached hydrogens (tertiary/aromatic N) is 12. The highest BCUT2D eigenvalue weighted by Crippen LogP contribution is 2.30. The Morgan fingerprint density at radius 3 is 0.978 bits per heavy atom. The first kappa shape index (κ1) is 70.1. The van der Waals surface area contributed by atoms with Gasteiger partial charge in [0.2, 0.25) is 5.95 Å². The van der Waals surface area contributed by atoms with Crippen LogP contribution < -0.4 is 34.7 Å². The fourth-order valence-corrected chi connectivity index (χ4v) is 13.6. The Morgan fingerprint density at radius 2 is 0.652 bits per heavy atom. The van der Waals surface area contributed by atoms with Gasteiger partial charge < -0.3 is 39.6 Å². The van der Waals surface area contributed by atoms with Crippen LogP contribution in [0.1, 0.15) is 119 Å². The summed E-state index contributed by atoms with van der Waals surface area (Å²) in [6, 6.07) is 48.2. The number of piperazine rings is 5. The Balaban J connectivity index is 0.000000131. The topological polar surface area (TPSA) is 70.2 Å². The minimum Gasteiger partial charge on any atom is -0.372 e. The normalized spacial score (nSPS) is 21.1. The largest absolute Gasteiger partial charge is 0.372 e. The van der Waals surface area contributed by atoms with E-state index in [2.05, 4.69) is 255 Å². The molecule has 14 rings (SSSR count). The fourth-order valence-electron chi connectivity index (χ4n) is 13.6. The Hall–Kier alpha value is -6.22. The molecule has 92 heavy (non-hydrogen) atoms. The monoisotopic (exact) mass is 1250 g/mol. The third kappa shape index (κ3) is 22.5. The molecule has 1 aromatic heterocycles. The van der Waals surface area contributed by atoms with Gasteiger partial charge in [-0.25, -0.2) is 9.97 Å². The van der Waals surface area contributed by atoms with Crippen LogP contribution in [-0.4, -0.2) is 198 Å². The molecule has 2 aliphatic carbocycles. The summed E-state index contributed by atoms with van der Waals surface area (Å²) in [5.41, 5.74) is 14.7. The lowest BCUT2D eigenvalue weighted by molar-refractivity contribution is 0.120. The van der Waals surface area contributed by atoms with E-state index >= 15 is 0 Å². The molecule has 8 fully saturated rings. The number of aromatic nitrogens is 2. The number of hydrogen-bond donors (Lipinski definition) is 1. The smallest absolute Gasteiger partial charge is 0.225 e. The Kier molecular flexibility index (Phi) is 27.3. The van der Waals surface area contributed by atoms with Crippen LogP contribution in [-0.2, 0) is 0 Å². The molecule has 0 radical (unpaired) electrons. The molecule has 2 atom stereocenters. The third-order valence-electron chi connectivity index (χ3n) is 20.0. The molecule has 0 bridgehead atoms. The minimum atomic E-state index is 0.579. The molecule has 6 aromatic rings. The first-order chi connectivity index (χ1) is 44.6. The molecule has 1 N–H and O–H groups in total. The van der Waals surface area contributed by atoms with E-state index in [4.69, 9.17) is 0 Å². The van der Waals surface area contributed by atoms with Gasteiger partial charge in [0, 0.05) is 202 Å². The number of hydrogen-bond acceptors (Lipinski definition) is 13. The number of nitrogens with one attached hydrogen (secondary N) is 1.